The van der Waals surface area contributed by atoms with Gasteiger partial charge in [0.25, 0.3) is 5.91 Å². The van der Waals surface area contributed by atoms with Crippen molar-refractivity contribution in [3.05, 3.63) is 93.8 Å². The van der Waals surface area contributed by atoms with Crippen LogP contribution >= 0.6 is 11.6 Å². The van der Waals surface area contributed by atoms with Gasteiger partial charge in [-0.05, 0) is 72.6 Å². The van der Waals surface area contributed by atoms with Crippen LogP contribution in [0.4, 0.5) is 9.18 Å². The number of amides is 2. The molecule has 1 aliphatic heterocycles. The Hall–Kier alpha value is -3.46. The van der Waals surface area contributed by atoms with Gasteiger partial charge in [0, 0.05) is 42.7 Å². The summed E-state index contributed by atoms with van der Waals surface area (Å²) in [5.74, 6) is -1.40. The molecule has 1 aliphatic rings. The van der Waals surface area contributed by atoms with E-state index in [-0.39, 0.29) is 24.6 Å². The number of carbonyl (C=O) groups is 2. The van der Waals surface area contributed by atoms with Crippen LogP contribution in [0.15, 0.2) is 60.7 Å². The minimum Gasteiger partial charge on any atom is -0.453 e. The van der Waals surface area contributed by atoms with E-state index in [2.05, 4.69) is 24.4 Å². The Bertz CT molecular complexity index is 1420. The summed E-state index contributed by atoms with van der Waals surface area (Å²) in [4.78, 5) is 26.8. The van der Waals surface area contributed by atoms with E-state index in [9.17, 15) is 19.1 Å². The molecule has 0 radical (unpaired) electrons. The van der Waals surface area contributed by atoms with Gasteiger partial charge in [-0.15, -0.1) is 0 Å². The number of aliphatic hydroxyl groups is 1. The van der Waals surface area contributed by atoms with E-state index in [0.29, 0.717) is 54.9 Å². The second-order valence-corrected chi connectivity index (χ2v) is 11.2. The lowest BCUT2D eigenvalue weighted by molar-refractivity contribution is -0.0563. The van der Waals surface area contributed by atoms with Gasteiger partial charge in [-0.25, -0.2) is 9.18 Å². The Kier molecular flexibility index (Phi) is 10.6. The quantitative estimate of drug-likeness (QED) is 0.248. The highest BCUT2D eigenvalue weighted by Gasteiger charge is 2.43. The number of aryl methyl sites for hydroxylation is 1. The first kappa shape index (κ1) is 31.5. The number of ether oxygens (including phenoxy) is 1. The number of nitrogens with one attached hydrogen (secondary N) is 1. The van der Waals surface area contributed by atoms with Crippen molar-refractivity contribution in [2.24, 2.45) is 11.7 Å². The van der Waals surface area contributed by atoms with Gasteiger partial charge in [0.15, 0.2) is 0 Å². The fourth-order valence-corrected chi connectivity index (χ4v) is 6.17. The molecule has 0 bridgehead atoms. The van der Waals surface area contributed by atoms with Crippen molar-refractivity contribution >= 4 is 23.6 Å². The molecule has 0 aliphatic carbocycles. The van der Waals surface area contributed by atoms with Crippen molar-refractivity contribution in [2.75, 3.05) is 26.7 Å². The van der Waals surface area contributed by atoms with Crippen molar-refractivity contribution in [1.82, 2.24) is 10.2 Å². The molecular formula is C33H39ClFN3O4. The Labute approximate surface area is 251 Å². The average molecular weight is 596 g/mol. The van der Waals surface area contributed by atoms with Crippen molar-refractivity contribution < 1.29 is 23.8 Å². The van der Waals surface area contributed by atoms with Gasteiger partial charge in [-0.3, -0.25) is 4.79 Å². The van der Waals surface area contributed by atoms with Crippen LogP contribution in [0.1, 0.15) is 59.7 Å². The van der Waals surface area contributed by atoms with Crippen molar-refractivity contribution in [2.45, 2.75) is 51.2 Å². The molecule has 3 aromatic carbocycles. The number of carbonyl (C=O) groups excluding carboxylic acids is 2. The van der Waals surface area contributed by atoms with Crippen LogP contribution in [0.5, 0.6) is 0 Å². The monoisotopic (exact) mass is 595 g/mol. The molecule has 224 valence electrons. The highest BCUT2D eigenvalue weighted by molar-refractivity contribution is 6.33. The molecule has 9 heteroatoms. The summed E-state index contributed by atoms with van der Waals surface area (Å²) in [5, 5.41) is 15.9. The fraction of sp³-hybridized carbons (Fsp3) is 0.394. The number of methoxy groups -OCH3 is 1. The highest BCUT2D eigenvalue weighted by Crippen LogP contribution is 2.45. The molecule has 42 heavy (non-hydrogen) atoms. The molecule has 4 N–H and O–H groups in total. The molecule has 3 aromatic rings. The number of benzene rings is 3. The van der Waals surface area contributed by atoms with Gasteiger partial charge in [-0.1, -0.05) is 61.0 Å². The first-order valence-electron chi connectivity index (χ1n) is 14.4. The summed E-state index contributed by atoms with van der Waals surface area (Å²) in [5.41, 5.74) is 8.27. The Morgan fingerprint density at radius 2 is 1.95 bits per heavy atom. The van der Waals surface area contributed by atoms with Crippen molar-refractivity contribution in [1.29, 1.82) is 0 Å². The maximum atomic E-state index is 14.9. The molecule has 2 amide bonds. The maximum absolute atomic E-state index is 14.9. The summed E-state index contributed by atoms with van der Waals surface area (Å²) >= 11 is 6.83. The zero-order valence-electron chi connectivity index (χ0n) is 24.2. The van der Waals surface area contributed by atoms with E-state index in [1.54, 1.807) is 11.0 Å². The molecule has 1 unspecified atom stereocenters. The number of nitrogens with zero attached hydrogens (tertiary/aromatic N) is 1. The summed E-state index contributed by atoms with van der Waals surface area (Å²) in [6, 6.07) is 18.0. The first-order chi connectivity index (χ1) is 20.2. The second kappa shape index (κ2) is 14.1. The van der Waals surface area contributed by atoms with Gasteiger partial charge < -0.3 is 25.8 Å². The fourth-order valence-electron chi connectivity index (χ4n) is 5.89. The molecule has 1 saturated heterocycles. The third-order valence-electron chi connectivity index (χ3n) is 8.18. The van der Waals surface area contributed by atoms with Gasteiger partial charge in [0.1, 0.15) is 5.82 Å². The maximum Gasteiger partial charge on any atom is 0.406 e. The summed E-state index contributed by atoms with van der Waals surface area (Å²) < 4.78 is 19.6. The lowest BCUT2D eigenvalue weighted by Crippen LogP contribution is -2.48. The predicted molar refractivity (Wildman–Crippen MR) is 163 cm³/mol. The summed E-state index contributed by atoms with van der Waals surface area (Å²) in [6.45, 7) is 3.24. The van der Waals surface area contributed by atoms with Crippen LogP contribution in [-0.4, -0.2) is 48.8 Å². The number of nitrogens with two attached hydrogens (primary N) is 1. The van der Waals surface area contributed by atoms with E-state index in [0.717, 1.165) is 23.1 Å². The van der Waals surface area contributed by atoms with Crippen LogP contribution in [0, 0.1) is 11.7 Å². The molecule has 0 aromatic heterocycles. The van der Waals surface area contributed by atoms with Gasteiger partial charge in [0.05, 0.1) is 18.3 Å². The summed E-state index contributed by atoms with van der Waals surface area (Å²) in [6.07, 6.45) is 2.34. The SMILES string of the molecule is CCc1cccc(-c2c(Cl)cccc2C(O)(CCCNC(=O)OC)[C@@H]2CCCN(C(=O)c3ccc(CN)cc3F)C2)c1. The van der Waals surface area contributed by atoms with E-state index in [1.807, 2.05) is 30.3 Å². The highest BCUT2D eigenvalue weighted by atomic mass is 35.5. The number of alkyl carbamates (subject to hydrolysis) is 1. The van der Waals surface area contributed by atoms with Crippen LogP contribution in [0.25, 0.3) is 11.1 Å². The van der Waals surface area contributed by atoms with Crippen molar-refractivity contribution in [3.63, 3.8) is 0 Å². The number of halogens is 2. The molecule has 0 saturated carbocycles. The first-order valence-corrected chi connectivity index (χ1v) is 14.8. The molecule has 4 rings (SSSR count). The smallest absolute Gasteiger partial charge is 0.406 e. The number of rotatable bonds is 10. The number of likely N-dealkylation sites (tertiary alicyclic amines) is 1. The van der Waals surface area contributed by atoms with Crippen LogP contribution in [0.2, 0.25) is 5.02 Å². The lowest BCUT2D eigenvalue weighted by Gasteiger charge is -2.44. The van der Waals surface area contributed by atoms with Crippen LogP contribution in [0.3, 0.4) is 0 Å². The van der Waals surface area contributed by atoms with E-state index >= 15 is 0 Å². The largest absolute Gasteiger partial charge is 0.453 e. The molecule has 1 fully saturated rings. The van der Waals surface area contributed by atoms with E-state index in [4.69, 9.17) is 22.1 Å². The molecule has 1 heterocycles. The van der Waals surface area contributed by atoms with Gasteiger partial charge >= 0.3 is 6.09 Å². The van der Waals surface area contributed by atoms with Crippen LogP contribution in [-0.2, 0) is 23.3 Å². The van der Waals surface area contributed by atoms with E-state index < -0.39 is 23.4 Å². The predicted octanol–water partition coefficient (Wildman–Crippen LogP) is 6.04. The Morgan fingerprint density at radius 3 is 2.67 bits per heavy atom. The molecule has 0 spiro atoms. The third kappa shape index (κ3) is 6.94. The minimum atomic E-state index is -1.40. The lowest BCUT2D eigenvalue weighted by atomic mass is 9.72. The zero-order valence-corrected chi connectivity index (χ0v) is 24.9. The molecule has 7 nitrogen and oxygen atoms in total. The van der Waals surface area contributed by atoms with Crippen LogP contribution < -0.4 is 11.1 Å². The minimum absolute atomic E-state index is 0.0153. The van der Waals surface area contributed by atoms with Gasteiger partial charge in [-0.2, -0.15) is 0 Å². The topological polar surface area (TPSA) is 105 Å². The number of hydrogen-bond donors (Lipinski definition) is 3. The molecule has 2 atom stereocenters. The second-order valence-electron chi connectivity index (χ2n) is 10.8. The standard InChI is InChI=1S/C33H39ClFN3O4/c1-3-22-8-4-9-24(18-22)30-27(11-5-12-28(30)34)33(41,15-7-16-37-32(40)42-2)25-10-6-17-38(21-25)31(39)26-14-13-23(20-36)19-29(26)35/h4-5,8-9,11-14,18-19,25,41H,3,6-7,10,15-17,20-21,36H2,1-2H3,(H,37,40)/t25-,33?/m1/s1. The number of hydrogen-bond acceptors (Lipinski definition) is 5. The normalized spacial score (nSPS) is 16.5. The Balaban J connectivity index is 1.72. The summed E-state index contributed by atoms with van der Waals surface area (Å²) in [7, 11) is 1.30. The van der Waals surface area contributed by atoms with Gasteiger partial charge in [0.2, 0.25) is 0 Å². The molecular weight excluding hydrogens is 557 g/mol. The van der Waals surface area contributed by atoms with E-state index in [1.165, 1.54) is 19.2 Å². The zero-order chi connectivity index (χ0) is 30.3. The Morgan fingerprint density at radius 1 is 1.17 bits per heavy atom. The third-order valence-corrected chi connectivity index (χ3v) is 8.49. The average Bonchev–Trinajstić information content (AvgIpc) is 3.02. The van der Waals surface area contributed by atoms with Crippen molar-refractivity contribution in [3.8, 4) is 11.1 Å². The number of piperidine rings is 1.